The Balaban J connectivity index is 2.18. The Hall–Kier alpha value is -2.28. The van der Waals surface area contributed by atoms with E-state index in [-0.39, 0.29) is 16.3 Å². The summed E-state index contributed by atoms with van der Waals surface area (Å²) in [6.07, 6.45) is 1.39. The largest absolute Gasteiger partial charge is 0.442 e. The lowest BCUT2D eigenvalue weighted by atomic mass is 9.84. The van der Waals surface area contributed by atoms with Crippen LogP contribution in [0.4, 0.5) is 0 Å². The van der Waals surface area contributed by atoms with E-state index in [0.29, 0.717) is 5.56 Å². The van der Waals surface area contributed by atoms with Gasteiger partial charge in [-0.15, -0.1) is 0 Å². The maximum atomic E-state index is 12.8. The third kappa shape index (κ3) is 6.92. The number of esters is 1. The predicted molar refractivity (Wildman–Crippen MR) is 117 cm³/mol. The molecule has 0 heterocycles. The van der Waals surface area contributed by atoms with Crippen LogP contribution in [0.15, 0.2) is 65.2 Å². The lowest BCUT2D eigenvalue weighted by molar-refractivity contribution is -0.154. The molecule has 0 N–H and O–H groups in total. The van der Waals surface area contributed by atoms with E-state index in [1.54, 1.807) is 12.1 Å². The number of rotatable bonds is 8. The molecule has 3 nitrogen and oxygen atoms in total. The number of halogens is 2. The summed E-state index contributed by atoms with van der Waals surface area (Å²) in [5, 5.41) is 9.63. The van der Waals surface area contributed by atoms with Crippen molar-refractivity contribution in [2.24, 2.45) is 17.8 Å². The van der Waals surface area contributed by atoms with Gasteiger partial charge in [0.15, 0.2) is 0 Å². The minimum atomic E-state index is -0.970. The molecule has 2 aromatic rings. The van der Waals surface area contributed by atoms with Crippen LogP contribution in [0.3, 0.4) is 0 Å². The molecule has 5 heteroatoms. The first kappa shape index (κ1) is 23.0. The van der Waals surface area contributed by atoms with Gasteiger partial charge in [-0.1, -0.05) is 105 Å². The van der Waals surface area contributed by atoms with Crippen molar-refractivity contribution in [3.8, 4) is 6.07 Å². The zero-order chi connectivity index (χ0) is 21.4. The minimum absolute atomic E-state index is 0.00481. The summed E-state index contributed by atoms with van der Waals surface area (Å²) in [6.45, 7) is 5.72. The molecule has 0 spiro atoms. The van der Waals surface area contributed by atoms with E-state index in [4.69, 9.17) is 27.9 Å². The van der Waals surface area contributed by atoms with E-state index >= 15 is 0 Å². The van der Waals surface area contributed by atoms with Gasteiger partial charge in [0.1, 0.15) is 10.6 Å². The highest BCUT2D eigenvalue weighted by Crippen LogP contribution is 2.29. The van der Waals surface area contributed by atoms with Crippen molar-refractivity contribution in [2.75, 3.05) is 0 Å². The lowest BCUT2D eigenvalue weighted by Gasteiger charge is -2.25. The number of nitrogens with zero attached hydrogens (tertiary/aromatic N) is 1. The van der Waals surface area contributed by atoms with Gasteiger partial charge < -0.3 is 4.74 Å². The third-order valence-electron chi connectivity index (χ3n) is 4.80. The molecule has 2 aromatic carbocycles. The predicted octanol–water partition coefficient (Wildman–Crippen LogP) is 6.61. The first-order valence-corrected chi connectivity index (χ1v) is 10.3. The third-order valence-corrected chi connectivity index (χ3v) is 5.05. The molecule has 0 bridgehead atoms. The van der Waals surface area contributed by atoms with Crippen LogP contribution in [-0.4, -0.2) is 5.97 Å². The van der Waals surface area contributed by atoms with Crippen molar-refractivity contribution in [1.29, 1.82) is 5.26 Å². The van der Waals surface area contributed by atoms with E-state index in [9.17, 15) is 10.1 Å². The molecule has 0 amide bonds. The van der Waals surface area contributed by atoms with Gasteiger partial charge in [0, 0.05) is 5.56 Å². The fourth-order valence-corrected chi connectivity index (χ4v) is 3.86. The van der Waals surface area contributed by atoms with Crippen LogP contribution in [0.5, 0.6) is 0 Å². The highest BCUT2D eigenvalue weighted by atomic mass is 35.5. The summed E-state index contributed by atoms with van der Waals surface area (Å²) in [4.78, 5) is 12.8. The number of hydrogen-bond acceptors (Lipinski definition) is 3. The van der Waals surface area contributed by atoms with Gasteiger partial charge in [-0.05, 0) is 29.4 Å². The first-order chi connectivity index (χ1) is 13.8. The van der Waals surface area contributed by atoms with Crippen LogP contribution in [0.25, 0.3) is 0 Å². The fourth-order valence-electron chi connectivity index (χ4n) is 3.46. The number of benzene rings is 2. The highest BCUT2D eigenvalue weighted by Gasteiger charge is 2.31. The summed E-state index contributed by atoms with van der Waals surface area (Å²) in [5.74, 6) is -1.09. The standard InChI is InChI=1S/C24H25Cl2NO2/c1-16(2)23(17(3)12-22(25)26)24(28)29-21(15-27)20-11-7-10-19(14-20)13-18-8-5-4-6-9-18/h4-12,14,16-17,21,23H,13H2,1-3H3. The zero-order valence-corrected chi connectivity index (χ0v) is 18.3. The fraction of sp³-hybridized carbons (Fsp3) is 0.333. The molecule has 3 unspecified atom stereocenters. The van der Waals surface area contributed by atoms with Crippen LogP contribution < -0.4 is 0 Å². The van der Waals surface area contributed by atoms with Crippen molar-refractivity contribution in [2.45, 2.75) is 33.3 Å². The molecule has 29 heavy (non-hydrogen) atoms. The summed E-state index contributed by atoms with van der Waals surface area (Å²) < 4.78 is 5.71. The van der Waals surface area contributed by atoms with Crippen LogP contribution in [0.2, 0.25) is 0 Å². The Kier molecular flexibility index (Phi) is 8.76. The number of hydrogen-bond donors (Lipinski definition) is 0. The highest BCUT2D eigenvalue weighted by molar-refractivity contribution is 6.55. The van der Waals surface area contributed by atoms with E-state index in [2.05, 4.69) is 18.2 Å². The number of allylic oxidation sites excluding steroid dienone is 1. The lowest BCUT2D eigenvalue weighted by Crippen LogP contribution is -2.29. The van der Waals surface area contributed by atoms with Crippen molar-refractivity contribution >= 4 is 29.2 Å². The van der Waals surface area contributed by atoms with Crippen LogP contribution in [-0.2, 0) is 16.0 Å². The van der Waals surface area contributed by atoms with Gasteiger partial charge >= 0.3 is 5.97 Å². The molecule has 0 aromatic heterocycles. The smallest absolute Gasteiger partial charge is 0.311 e. The van der Waals surface area contributed by atoms with Gasteiger partial charge in [-0.25, -0.2) is 0 Å². The second-order valence-corrected chi connectivity index (χ2v) is 8.45. The quantitative estimate of drug-likeness (QED) is 0.443. The van der Waals surface area contributed by atoms with E-state index < -0.39 is 18.0 Å². The summed E-state index contributed by atoms with van der Waals surface area (Å²) >= 11 is 11.5. The van der Waals surface area contributed by atoms with Crippen molar-refractivity contribution in [3.05, 3.63) is 81.9 Å². The topological polar surface area (TPSA) is 50.1 Å². The Morgan fingerprint density at radius 3 is 2.31 bits per heavy atom. The van der Waals surface area contributed by atoms with Crippen molar-refractivity contribution in [3.63, 3.8) is 0 Å². The van der Waals surface area contributed by atoms with E-state index in [0.717, 1.165) is 12.0 Å². The number of carbonyl (C=O) groups is 1. The summed E-state index contributed by atoms with van der Waals surface area (Å²) in [6, 6.07) is 19.8. The Labute approximate surface area is 182 Å². The van der Waals surface area contributed by atoms with Crippen molar-refractivity contribution < 1.29 is 9.53 Å². The van der Waals surface area contributed by atoms with Gasteiger partial charge in [0.25, 0.3) is 0 Å². The van der Waals surface area contributed by atoms with Crippen LogP contribution in [0.1, 0.15) is 43.6 Å². The molecule has 152 valence electrons. The van der Waals surface area contributed by atoms with Crippen molar-refractivity contribution in [1.82, 2.24) is 0 Å². The monoisotopic (exact) mass is 429 g/mol. The summed E-state index contributed by atoms with van der Waals surface area (Å²) in [7, 11) is 0. The van der Waals surface area contributed by atoms with Gasteiger partial charge in [-0.3, -0.25) is 4.79 Å². The molecule has 0 aliphatic carbocycles. The molecule has 0 saturated heterocycles. The number of carbonyl (C=O) groups excluding carboxylic acids is 1. The maximum Gasteiger partial charge on any atom is 0.311 e. The molecule has 0 radical (unpaired) electrons. The maximum absolute atomic E-state index is 12.8. The number of ether oxygens (including phenoxy) is 1. The Bertz CT molecular complexity index is 883. The molecular formula is C24H25Cl2NO2. The molecule has 0 aliphatic rings. The molecule has 0 aliphatic heterocycles. The SMILES string of the molecule is CC(C)C(C(=O)OC(C#N)c1cccc(Cc2ccccc2)c1)C(C)C=C(Cl)Cl. The Morgan fingerprint density at radius 2 is 1.72 bits per heavy atom. The Morgan fingerprint density at radius 1 is 1.07 bits per heavy atom. The molecular weight excluding hydrogens is 405 g/mol. The number of nitriles is 1. The summed E-state index contributed by atoms with van der Waals surface area (Å²) in [5.41, 5.74) is 2.89. The minimum Gasteiger partial charge on any atom is -0.442 e. The first-order valence-electron chi connectivity index (χ1n) is 9.57. The molecule has 3 atom stereocenters. The normalized spacial score (nSPS) is 13.8. The average molecular weight is 430 g/mol. The van der Waals surface area contributed by atoms with E-state index in [1.165, 1.54) is 5.56 Å². The van der Waals surface area contributed by atoms with Gasteiger partial charge in [0.2, 0.25) is 6.10 Å². The average Bonchev–Trinajstić information content (AvgIpc) is 2.66. The molecule has 2 rings (SSSR count). The van der Waals surface area contributed by atoms with Crippen LogP contribution >= 0.6 is 23.2 Å². The van der Waals surface area contributed by atoms with Gasteiger partial charge in [-0.2, -0.15) is 5.26 Å². The van der Waals surface area contributed by atoms with E-state index in [1.807, 2.05) is 57.2 Å². The second-order valence-electron chi connectivity index (χ2n) is 7.44. The van der Waals surface area contributed by atoms with Crippen LogP contribution in [0, 0.1) is 29.1 Å². The second kappa shape index (κ2) is 11.0. The molecule has 0 saturated carbocycles. The zero-order valence-electron chi connectivity index (χ0n) is 16.8. The molecule has 0 fully saturated rings. The van der Waals surface area contributed by atoms with Gasteiger partial charge in [0.05, 0.1) is 5.92 Å².